The summed E-state index contributed by atoms with van der Waals surface area (Å²) in [5.74, 6) is 0.672. The van der Waals surface area contributed by atoms with Crippen LogP contribution in [-0.2, 0) is 0 Å². The number of nitrogens with one attached hydrogen (secondary N) is 1. The zero-order chi connectivity index (χ0) is 17.8. The number of pyridine rings is 2. The molecule has 3 aromatic rings. The van der Waals surface area contributed by atoms with Crippen LogP contribution in [0.2, 0.25) is 0 Å². The molecule has 0 fully saturated rings. The van der Waals surface area contributed by atoms with E-state index in [9.17, 15) is 4.79 Å². The largest absolute Gasteiger partial charge is 0.373 e. The molecule has 2 heterocycles. The Bertz CT molecular complexity index is 879. The Kier molecular flexibility index (Phi) is 4.93. The van der Waals surface area contributed by atoms with Crippen molar-refractivity contribution in [3.63, 3.8) is 0 Å². The quantitative estimate of drug-likeness (QED) is 0.769. The van der Waals surface area contributed by atoms with Crippen LogP contribution in [0, 0.1) is 0 Å². The van der Waals surface area contributed by atoms with Gasteiger partial charge in [-0.25, -0.2) is 4.98 Å². The first-order chi connectivity index (χ1) is 12.2. The molecule has 0 aliphatic carbocycles. The summed E-state index contributed by atoms with van der Waals surface area (Å²) in [4.78, 5) is 23.7. The van der Waals surface area contributed by atoms with Crippen LogP contribution < -0.4 is 5.32 Å². The van der Waals surface area contributed by atoms with Crippen LogP contribution in [0.3, 0.4) is 0 Å². The van der Waals surface area contributed by atoms with Crippen LogP contribution in [0.1, 0.15) is 35.3 Å². The third-order valence-corrected chi connectivity index (χ3v) is 4.47. The molecule has 0 saturated heterocycles. The highest BCUT2D eigenvalue weighted by Crippen LogP contribution is 2.27. The number of anilines is 1. The Morgan fingerprint density at radius 1 is 1.20 bits per heavy atom. The molecule has 5 nitrogen and oxygen atoms in total. The van der Waals surface area contributed by atoms with E-state index >= 15 is 0 Å². The van der Waals surface area contributed by atoms with Crippen molar-refractivity contribution in [1.29, 1.82) is 0 Å². The molecule has 3 rings (SSSR count). The molecular formula is C20H22N4O. The number of hydrogen-bond donors (Lipinski definition) is 1. The van der Waals surface area contributed by atoms with Gasteiger partial charge in [0, 0.05) is 31.9 Å². The Morgan fingerprint density at radius 2 is 1.92 bits per heavy atom. The zero-order valence-corrected chi connectivity index (χ0v) is 14.7. The van der Waals surface area contributed by atoms with Crippen molar-refractivity contribution >= 4 is 22.6 Å². The monoisotopic (exact) mass is 334 g/mol. The van der Waals surface area contributed by atoms with Crippen molar-refractivity contribution in [3.05, 3.63) is 66.0 Å². The van der Waals surface area contributed by atoms with Crippen LogP contribution >= 0.6 is 0 Å². The van der Waals surface area contributed by atoms with Crippen LogP contribution in [0.4, 0.5) is 5.82 Å². The Hall–Kier alpha value is -2.95. The fourth-order valence-corrected chi connectivity index (χ4v) is 3.13. The smallest absolute Gasteiger partial charge is 0.254 e. The minimum Gasteiger partial charge on any atom is -0.373 e. The minimum atomic E-state index is -0.0150. The molecule has 0 unspecified atom stereocenters. The van der Waals surface area contributed by atoms with Crippen molar-refractivity contribution in [2.75, 3.05) is 19.4 Å². The van der Waals surface area contributed by atoms with Crippen molar-refractivity contribution in [3.8, 4) is 0 Å². The normalized spacial score (nSPS) is 12.0. The van der Waals surface area contributed by atoms with Crippen LogP contribution in [-0.4, -0.2) is 34.9 Å². The molecule has 1 atom stereocenters. The number of hydrogen-bond acceptors (Lipinski definition) is 4. The maximum atomic E-state index is 13.3. The van der Waals surface area contributed by atoms with Gasteiger partial charge in [-0.2, -0.15) is 0 Å². The van der Waals surface area contributed by atoms with Crippen LogP contribution in [0.25, 0.3) is 10.9 Å². The zero-order valence-electron chi connectivity index (χ0n) is 14.7. The average Bonchev–Trinajstić information content (AvgIpc) is 2.67. The van der Waals surface area contributed by atoms with Gasteiger partial charge in [0.25, 0.3) is 5.91 Å². The fourth-order valence-electron chi connectivity index (χ4n) is 3.13. The van der Waals surface area contributed by atoms with E-state index in [1.54, 1.807) is 24.3 Å². The summed E-state index contributed by atoms with van der Waals surface area (Å²) in [6.45, 7) is 2.08. The van der Waals surface area contributed by atoms with Crippen molar-refractivity contribution in [1.82, 2.24) is 14.9 Å². The molecule has 1 N–H and O–H groups in total. The summed E-state index contributed by atoms with van der Waals surface area (Å²) in [6, 6.07) is 13.5. The van der Waals surface area contributed by atoms with Gasteiger partial charge in [0.05, 0.1) is 17.1 Å². The molecule has 1 amide bonds. The van der Waals surface area contributed by atoms with E-state index in [0.29, 0.717) is 11.4 Å². The molecule has 0 aliphatic rings. The van der Waals surface area contributed by atoms with E-state index in [1.807, 2.05) is 49.5 Å². The molecule has 0 bridgehead atoms. The van der Waals surface area contributed by atoms with Crippen LogP contribution in [0.5, 0.6) is 0 Å². The van der Waals surface area contributed by atoms with E-state index in [-0.39, 0.29) is 11.9 Å². The molecular weight excluding hydrogens is 312 g/mol. The number of benzene rings is 1. The number of rotatable bonds is 5. The highest BCUT2D eigenvalue weighted by molar-refractivity contribution is 6.07. The first-order valence-electron chi connectivity index (χ1n) is 8.40. The third kappa shape index (κ3) is 3.31. The molecule has 0 aliphatic heterocycles. The summed E-state index contributed by atoms with van der Waals surface area (Å²) in [6.07, 6.45) is 4.35. The molecule has 0 saturated carbocycles. The van der Waals surface area contributed by atoms with Gasteiger partial charge >= 0.3 is 0 Å². The van der Waals surface area contributed by atoms with Gasteiger partial charge in [0.15, 0.2) is 0 Å². The highest BCUT2D eigenvalue weighted by Gasteiger charge is 2.23. The number of carbonyl (C=O) groups excluding carboxylic acids is 1. The van der Waals surface area contributed by atoms with E-state index in [4.69, 9.17) is 0 Å². The topological polar surface area (TPSA) is 58.1 Å². The van der Waals surface area contributed by atoms with Gasteiger partial charge in [0.2, 0.25) is 0 Å². The summed E-state index contributed by atoms with van der Waals surface area (Å²) in [5.41, 5.74) is 2.55. The number of nitrogens with zero attached hydrogens (tertiary/aromatic N) is 3. The maximum Gasteiger partial charge on any atom is 0.254 e. The molecule has 128 valence electrons. The first kappa shape index (κ1) is 16.9. The summed E-state index contributed by atoms with van der Waals surface area (Å²) in [5, 5.41) is 3.90. The molecule has 0 spiro atoms. The van der Waals surface area contributed by atoms with Crippen molar-refractivity contribution in [2.24, 2.45) is 0 Å². The number of amides is 1. The lowest BCUT2D eigenvalue weighted by Gasteiger charge is -2.28. The lowest BCUT2D eigenvalue weighted by atomic mass is 10.0. The van der Waals surface area contributed by atoms with E-state index < -0.39 is 0 Å². The second-order valence-corrected chi connectivity index (χ2v) is 5.94. The van der Waals surface area contributed by atoms with E-state index in [2.05, 4.69) is 22.2 Å². The highest BCUT2D eigenvalue weighted by atomic mass is 16.2. The van der Waals surface area contributed by atoms with Gasteiger partial charge in [-0.05, 0) is 36.2 Å². The predicted molar refractivity (Wildman–Crippen MR) is 101 cm³/mol. The lowest BCUT2D eigenvalue weighted by molar-refractivity contribution is 0.0728. The number of para-hydroxylation sites is 1. The molecule has 1 aromatic carbocycles. The average molecular weight is 334 g/mol. The Balaban J connectivity index is 2.03. The molecule has 2 aromatic heterocycles. The lowest BCUT2D eigenvalue weighted by Crippen LogP contribution is -2.31. The second kappa shape index (κ2) is 7.30. The van der Waals surface area contributed by atoms with Gasteiger partial charge in [0.1, 0.15) is 5.82 Å². The van der Waals surface area contributed by atoms with Gasteiger partial charge in [-0.15, -0.1) is 0 Å². The second-order valence-electron chi connectivity index (χ2n) is 5.94. The Labute approximate surface area is 147 Å². The number of carbonyl (C=O) groups is 1. The molecule has 5 heteroatoms. The summed E-state index contributed by atoms with van der Waals surface area (Å²) < 4.78 is 0. The van der Waals surface area contributed by atoms with Gasteiger partial charge in [-0.1, -0.05) is 25.1 Å². The third-order valence-electron chi connectivity index (χ3n) is 4.47. The van der Waals surface area contributed by atoms with Crippen molar-refractivity contribution in [2.45, 2.75) is 19.4 Å². The van der Waals surface area contributed by atoms with Crippen LogP contribution in [0.15, 0.2) is 54.9 Å². The fraction of sp³-hybridized carbons (Fsp3) is 0.250. The number of aromatic nitrogens is 2. The van der Waals surface area contributed by atoms with E-state index in [0.717, 1.165) is 22.9 Å². The summed E-state index contributed by atoms with van der Waals surface area (Å²) in [7, 11) is 3.66. The molecule has 25 heavy (non-hydrogen) atoms. The number of fused-ring (bicyclic) bond motifs is 1. The summed E-state index contributed by atoms with van der Waals surface area (Å²) >= 11 is 0. The van der Waals surface area contributed by atoms with Gasteiger partial charge in [-0.3, -0.25) is 9.78 Å². The van der Waals surface area contributed by atoms with Gasteiger partial charge < -0.3 is 10.2 Å². The minimum absolute atomic E-state index is 0.000429. The standard InChI is InChI=1S/C20H22N4O/c1-4-18(14-9-11-22-12-10-14)24(3)20(25)16-13-19(21-2)23-17-8-6-5-7-15(16)17/h5-13,18H,4H2,1-3H3,(H,21,23)/t18-/m1/s1. The molecule has 0 radical (unpaired) electrons. The van der Waals surface area contributed by atoms with E-state index in [1.165, 1.54) is 0 Å². The van der Waals surface area contributed by atoms with Crippen molar-refractivity contribution < 1.29 is 4.79 Å². The SMILES string of the molecule is CC[C@H](c1ccncc1)N(C)C(=O)c1cc(NC)nc2ccccc12. The first-order valence-corrected chi connectivity index (χ1v) is 8.40. The maximum absolute atomic E-state index is 13.3. The Morgan fingerprint density at radius 3 is 2.60 bits per heavy atom. The predicted octanol–water partition coefficient (Wildman–Crippen LogP) is 3.89.